The maximum Gasteiger partial charge on any atom is 0.175 e. The highest BCUT2D eigenvalue weighted by atomic mass is 19.1. The van der Waals surface area contributed by atoms with Crippen LogP contribution in [-0.4, -0.2) is 11.4 Å². The van der Waals surface area contributed by atoms with Crippen LogP contribution < -0.4 is 0 Å². The zero-order valence-electron chi connectivity index (χ0n) is 5.97. The fourth-order valence-corrected chi connectivity index (χ4v) is 0.823. The summed E-state index contributed by atoms with van der Waals surface area (Å²) in [6.45, 7) is 1.60. The van der Waals surface area contributed by atoms with Crippen molar-refractivity contribution in [3.63, 3.8) is 0 Å². The average molecular weight is 154 g/mol. The van der Waals surface area contributed by atoms with Crippen molar-refractivity contribution >= 4 is 6.29 Å². The molecular formula is C8H7FO2. The molecule has 1 rings (SSSR count). The quantitative estimate of drug-likeness (QED) is 0.624. The monoisotopic (exact) mass is 154 g/mol. The van der Waals surface area contributed by atoms with Gasteiger partial charge in [-0.25, -0.2) is 4.39 Å². The topological polar surface area (TPSA) is 37.3 Å². The normalized spacial score (nSPS) is 9.64. The summed E-state index contributed by atoms with van der Waals surface area (Å²) in [6, 6.07) is 2.71. The Kier molecular flexibility index (Phi) is 1.89. The molecule has 0 radical (unpaired) electrons. The Morgan fingerprint density at radius 1 is 1.55 bits per heavy atom. The number of aromatic hydroxyl groups is 1. The van der Waals surface area contributed by atoms with Crippen molar-refractivity contribution in [2.75, 3.05) is 0 Å². The third kappa shape index (κ3) is 1.22. The molecule has 0 aliphatic rings. The number of rotatable bonds is 1. The first kappa shape index (κ1) is 7.72. The minimum atomic E-state index is -0.847. The number of phenolic OH excluding ortho intramolecular Hbond substituents is 1. The van der Waals surface area contributed by atoms with Crippen molar-refractivity contribution in [3.8, 4) is 5.75 Å². The lowest BCUT2D eigenvalue weighted by Gasteiger charge is -2.00. The smallest absolute Gasteiger partial charge is 0.175 e. The van der Waals surface area contributed by atoms with Crippen molar-refractivity contribution < 1.29 is 14.3 Å². The van der Waals surface area contributed by atoms with Crippen LogP contribution in [0.25, 0.3) is 0 Å². The summed E-state index contributed by atoms with van der Waals surface area (Å²) in [5.41, 5.74) is 0.445. The van der Waals surface area contributed by atoms with Gasteiger partial charge in [0.2, 0.25) is 0 Å². The van der Waals surface area contributed by atoms with Gasteiger partial charge in [-0.1, -0.05) is 6.07 Å². The van der Waals surface area contributed by atoms with Crippen LogP contribution in [0.2, 0.25) is 0 Å². The van der Waals surface area contributed by atoms with Crippen LogP contribution in [0.4, 0.5) is 4.39 Å². The number of halogens is 1. The van der Waals surface area contributed by atoms with E-state index in [4.69, 9.17) is 5.11 Å². The largest absolute Gasteiger partial charge is 0.505 e. The molecule has 1 aromatic rings. The van der Waals surface area contributed by atoms with Gasteiger partial charge in [0.1, 0.15) is 0 Å². The minimum Gasteiger partial charge on any atom is -0.505 e. The van der Waals surface area contributed by atoms with Crippen molar-refractivity contribution in [1.82, 2.24) is 0 Å². The predicted molar refractivity (Wildman–Crippen MR) is 38.2 cm³/mol. The SMILES string of the molecule is Cc1ccc(O)c(F)c1C=O. The number of aryl methyl sites for hydroxylation is 1. The highest BCUT2D eigenvalue weighted by molar-refractivity contribution is 5.78. The molecule has 0 aliphatic carbocycles. The predicted octanol–water partition coefficient (Wildman–Crippen LogP) is 1.65. The van der Waals surface area contributed by atoms with Crippen LogP contribution >= 0.6 is 0 Å². The number of hydrogen-bond donors (Lipinski definition) is 1. The van der Waals surface area contributed by atoms with Crippen molar-refractivity contribution in [2.45, 2.75) is 6.92 Å². The summed E-state index contributed by atoms with van der Waals surface area (Å²) in [5.74, 6) is -1.34. The van der Waals surface area contributed by atoms with E-state index in [9.17, 15) is 9.18 Å². The van der Waals surface area contributed by atoms with Gasteiger partial charge in [-0.05, 0) is 18.6 Å². The van der Waals surface area contributed by atoms with E-state index in [-0.39, 0.29) is 5.56 Å². The zero-order valence-corrected chi connectivity index (χ0v) is 5.97. The van der Waals surface area contributed by atoms with E-state index in [0.717, 1.165) is 0 Å². The first-order chi connectivity index (χ1) is 5.16. The van der Waals surface area contributed by atoms with Crippen molar-refractivity contribution in [3.05, 3.63) is 29.1 Å². The molecule has 0 bridgehead atoms. The van der Waals surface area contributed by atoms with E-state index in [2.05, 4.69) is 0 Å². The van der Waals surface area contributed by atoms with Crippen LogP contribution in [0, 0.1) is 12.7 Å². The molecule has 0 atom stereocenters. The van der Waals surface area contributed by atoms with Gasteiger partial charge < -0.3 is 5.11 Å². The molecule has 0 fully saturated rings. The van der Waals surface area contributed by atoms with E-state index in [1.807, 2.05) is 0 Å². The fraction of sp³-hybridized carbons (Fsp3) is 0.125. The molecular weight excluding hydrogens is 147 g/mol. The molecule has 0 spiro atoms. The maximum absolute atomic E-state index is 12.8. The van der Waals surface area contributed by atoms with Crippen molar-refractivity contribution in [2.24, 2.45) is 0 Å². The molecule has 1 N–H and O–H groups in total. The second-order valence-corrected chi connectivity index (χ2v) is 2.25. The Bertz CT molecular complexity index is 294. The summed E-state index contributed by atoms with van der Waals surface area (Å²) in [7, 11) is 0. The summed E-state index contributed by atoms with van der Waals surface area (Å²) >= 11 is 0. The lowest BCUT2D eigenvalue weighted by molar-refractivity contribution is 0.111. The molecule has 2 nitrogen and oxygen atoms in total. The van der Waals surface area contributed by atoms with Gasteiger partial charge >= 0.3 is 0 Å². The summed E-state index contributed by atoms with van der Waals surface area (Å²) in [5, 5.41) is 8.82. The Labute approximate surface area is 63.3 Å². The van der Waals surface area contributed by atoms with E-state index in [1.165, 1.54) is 12.1 Å². The van der Waals surface area contributed by atoms with Gasteiger partial charge in [-0.3, -0.25) is 4.79 Å². The number of hydrogen-bond acceptors (Lipinski definition) is 2. The molecule has 0 heterocycles. The van der Waals surface area contributed by atoms with E-state index >= 15 is 0 Å². The molecule has 58 valence electrons. The van der Waals surface area contributed by atoms with Gasteiger partial charge in [0.15, 0.2) is 17.9 Å². The zero-order chi connectivity index (χ0) is 8.43. The Hall–Kier alpha value is -1.38. The van der Waals surface area contributed by atoms with Gasteiger partial charge in [-0.15, -0.1) is 0 Å². The maximum atomic E-state index is 12.8. The molecule has 0 amide bonds. The van der Waals surface area contributed by atoms with Gasteiger partial charge in [0, 0.05) is 0 Å². The second kappa shape index (κ2) is 2.70. The van der Waals surface area contributed by atoms with Gasteiger partial charge in [0.25, 0.3) is 0 Å². The molecule has 1 aromatic carbocycles. The third-order valence-electron chi connectivity index (χ3n) is 1.50. The van der Waals surface area contributed by atoms with E-state index < -0.39 is 11.6 Å². The lowest BCUT2D eigenvalue weighted by Crippen LogP contribution is -1.91. The number of carbonyl (C=O) groups excluding carboxylic acids is 1. The fourth-order valence-electron chi connectivity index (χ4n) is 0.823. The number of phenols is 1. The Morgan fingerprint density at radius 3 is 2.64 bits per heavy atom. The van der Waals surface area contributed by atoms with Crippen LogP contribution in [0.15, 0.2) is 12.1 Å². The Morgan fingerprint density at radius 2 is 2.18 bits per heavy atom. The summed E-state index contributed by atoms with van der Waals surface area (Å²) < 4.78 is 12.8. The molecule has 0 saturated heterocycles. The first-order valence-electron chi connectivity index (χ1n) is 3.10. The standard InChI is InChI=1S/C8H7FO2/c1-5-2-3-7(11)8(9)6(5)4-10/h2-4,11H,1H3. The van der Waals surface area contributed by atoms with Crippen LogP contribution in [0.3, 0.4) is 0 Å². The van der Waals surface area contributed by atoms with Crippen LogP contribution in [-0.2, 0) is 0 Å². The van der Waals surface area contributed by atoms with Crippen LogP contribution in [0.5, 0.6) is 5.75 Å². The lowest BCUT2D eigenvalue weighted by atomic mass is 10.1. The van der Waals surface area contributed by atoms with Crippen LogP contribution in [0.1, 0.15) is 15.9 Å². The Balaban J connectivity index is 3.40. The molecule has 0 aromatic heterocycles. The molecule has 0 saturated carbocycles. The molecule has 0 unspecified atom stereocenters. The molecule has 0 aliphatic heterocycles. The van der Waals surface area contributed by atoms with Gasteiger partial charge in [-0.2, -0.15) is 0 Å². The number of benzene rings is 1. The number of carbonyl (C=O) groups is 1. The number of aldehydes is 1. The average Bonchev–Trinajstić information content (AvgIpc) is 1.99. The van der Waals surface area contributed by atoms with E-state index in [0.29, 0.717) is 11.8 Å². The molecule has 3 heteroatoms. The van der Waals surface area contributed by atoms with Crippen molar-refractivity contribution in [1.29, 1.82) is 0 Å². The second-order valence-electron chi connectivity index (χ2n) is 2.25. The first-order valence-corrected chi connectivity index (χ1v) is 3.10. The highest BCUT2D eigenvalue weighted by Gasteiger charge is 2.08. The molecule has 11 heavy (non-hydrogen) atoms. The summed E-state index contributed by atoms with van der Waals surface area (Å²) in [4.78, 5) is 10.2. The van der Waals surface area contributed by atoms with Gasteiger partial charge in [0.05, 0.1) is 5.56 Å². The summed E-state index contributed by atoms with van der Waals surface area (Å²) in [6.07, 6.45) is 0.393. The van der Waals surface area contributed by atoms with E-state index in [1.54, 1.807) is 6.92 Å². The minimum absolute atomic E-state index is 0.0787. The third-order valence-corrected chi connectivity index (χ3v) is 1.50. The highest BCUT2D eigenvalue weighted by Crippen LogP contribution is 2.20.